The van der Waals surface area contributed by atoms with Crippen molar-refractivity contribution in [3.8, 4) is 5.75 Å². The fourth-order valence-electron chi connectivity index (χ4n) is 3.31. The van der Waals surface area contributed by atoms with Crippen molar-refractivity contribution < 1.29 is 14.6 Å². The van der Waals surface area contributed by atoms with Gasteiger partial charge in [0.05, 0.1) is 0 Å². The molecule has 0 spiro atoms. The molecular formula is C22H28N2O3. The molecule has 0 unspecified atom stereocenters. The first-order valence-electron chi connectivity index (χ1n) is 9.62. The van der Waals surface area contributed by atoms with Crippen LogP contribution in [-0.2, 0) is 0 Å². The number of rotatable bonds is 8. The van der Waals surface area contributed by atoms with Crippen molar-refractivity contribution in [1.29, 1.82) is 0 Å². The van der Waals surface area contributed by atoms with Crippen LogP contribution in [0.5, 0.6) is 5.75 Å². The summed E-state index contributed by atoms with van der Waals surface area (Å²) in [5.74, 6) is 0.798. The molecule has 0 radical (unpaired) electrons. The number of nitrogens with zero attached hydrogens (tertiary/aromatic N) is 2. The van der Waals surface area contributed by atoms with Crippen molar-refractivity contribution in [1.82, 2.24) is 4.90 Å². The van der Waals surface area contributed by atoms with Gasteiger partial charge in [-0.25, -0.2) is 0 Å². The van der Waals surface area contributed by atoms with Crippen LogP contribution in [0.2, 0.25) is 0 Å². The van der Waals surface area contributed by atoms with Crippen molar-refractivity contribution in [2.45, 2.75) is 19.4 Å². The van der Waals surface area contributed by atoms with Gasteiger partial charge in [0.25, 0.3) is 0 Å². The van der Waals surface area contributed by atoms with Gasteiger partial charge in [-0.2, -0.15) is 0 Å². The maximum Gasteiger partial charge on any atom is 0.162 e. The molecule has 1 heterocycles. The number of aliphatic hydroxyl groups is 1. The second-order valence-electron chi connectivity index (χ2n) is 6.89. The first-order valence-corrected chi connectivity index (χ1v) is 9.62. The van der Waals surface area contributed by atoms with Crippen LogP contribution >= 0.6 is 0 Å². The monoisotopic (exact) mass is 368 g/mol. The summed E-state index contributed by atoms with van der Waals surface area (Å²) in [6.07, 6.45) is -0.0403. The molecule has 0 saturated carbocycles. The molecule has 2 aromatic carbocycles. The molecule has 1 fully saturated rings. The molecule has 1 aliphatic heterocycles. The topological polar surface area (TPSA) is 53.0 Å². The number of carbonyl (C=O) groups is 1. The highest BCUT2D eigenvalue weighted by molar-refractivity contribution is 5.95. The van der Waals surface area contributed by atoms with Crippen LogP contribution in [0.25, 0.3) is 0 Å². The van der Waals surface area contributed by atoms with Gasteiger partial charge in [0, 0.05) is 50.4 Å². The van der Waals surface area contributed by atoms with Crippen molar-refractivity contribution in [2.24, 2.45) is 0 Å². The zero-order valence-electron chi connectivity index (χ0n) is 15.9. The third kappa shape index (κ3) is 5.55. The van der Waals surface area contributed by atoms with E-state index in [0.717, 1.165) is 26.2 Å². The average molecular weight is 368 g/mol. The van der Waals surface area contributed by atoms with Crippen LogP contribution in [0, 0.1) is 0 Å². The number of benzene rings is 2. The minimum absolute atomic E-state index is 0.122. The Balaban J connectivity index is 1.40. The maximum absolute atomic E-state index is 11.6. The molecule has 27 heavy (non-hydrogen) atoms. The molecule has 0 bridgehead atoms. The fourth-order valence-corrected chi connectivity index (χ4v) is 3.31. The molecule has 1 aliphatic rings. The standard InChI is InChI=1S/C22H28N2O3/c1-2-22(26)18-8-10-21(11-9-18)27-17-20(25)16-23-12-14-24(15-13-23)19-6-4-3-5-7-19/h3-11,20,25H,2,12-17H2,1H3/t20-/m1/s1. The Kier molecular flexibility index (Phi) is 6.85. The highest BCUT2D eigenvalue weighted by Gasteiger charge is 2.19. The Hall–Kier alpha value is -2.37. The number of β-amino-alcohol motifs (C(OH)–C–C–N with tert-alkyl or cyclic N) is 1. The lowest BCUT2D eigenvalue weighted by molar-refractivity contribution is 0.0663. The van der Waals surface area contributed by atoms with E-state index in [1.807, 2.05) is 13.0 Å². The molecular weight excluding hydrogens is 340 g/mol. The number of ketones is 1. The minimum Gasteiger partial charge on any atom is -0.491 e. The number of anilines is 1. The van der Waals surface area contributed by atoms with E-state index in [-0.39, 0.29) is 12.4 Å². The lowest BCUT2D eigenvalue weighted by atomic mass is 10.1. The van der Waals surface area contributed by atoms with Crippen LogP contribution < -0.4 is 9.64 Å². The smallest absolute Gasteiger partial charge is 0.162 e. The van der Waals surface area contributed by atoms with E-state index >= 15 is 0 Å². The van der Waals surface area contributed by atoms with Crippen molar-refractivity contribution >= 4 is 11.5 Å². The summed E-state index contributed by atoms with van der Waals surface area (Å²) < 4.78 is 5.67. The van der Waals surface area contributed by atoms with E-state index in [1.54, 1.807) is 24.3 Å². The highest BCUT2D eigenvalue weighted by Crippen LogP contribution is 2.16. The molecule has 144 valence electrons. The van der Waals surface area contributed by atoms with Crippen LogP contribution in [0.3, 0.4) is 0 Å². The van der Waals surface area contributed by atoms with E-state index in [1.165, 1.54) is 5.69 Å². The number of hydrogen-bond acceptors (Lipinski definition) is 5. The quantitative estimate of drug-likeness (QED) is 0.726. The second-order valence-corrected chi connectivity index (χ2v) is 6.89. The zero-order valence-corrected chi connectivity index (χ0v) is 15.9. The van der Waals surface area contributed by atoms with Gasteiger partial charge in [-0.1, -0.05) is 25.1 Å². The Bertz CT molecular complexity index is 710. The van der Waals surface area contributed by atoms with Crippen molar-refractivity contribution in [3.63, 3.8) is 0 Å². The molecule has 0 amide bonds. The SMILES string of the molecule is CCC(=O)c1ccc(OC[C@H](O)CN2CCN(c3ccccc3)CC2)cc1. The molecule has 1 saturated heterocycles. The molecule has 0 aliphatic carbocycles. The van der Waals surface area contributed by atoms with E-state index in [9.17, 15) is 9.90 Å². The lowest BCUT2D eigenvalue weighted by Crippen LogP contribution is -2.49. The summed E-state index contributed by atoms with van der Waals surface area (Å²) in [7, 11) is 0. The number of aliphatic hydroxyl groups excluding tert-OH is 1. The Labute approximate surface area is 161 Å². The fraction of sp³-hybridized carbons (Fsp3) is 0.409. The van der Waals surface area contributed by atoms with Gasteiger partial charge >= 0.3 is 0 Å². The number of hydrogen-bond donors (Lipinski definition) is 1. The number of ether oxygens (including phenoxy) is 1. The Morgan fingerprint density at radius 1 is 1.04 bits per heavy atom. The molecule has 3 rings (SSSR count). The van der Waals surface area contributed by atoms with Crippen molar-refractivity contribution in [3.05, 3.63) is 60.2 Å². The number of carbonyl (C=O) groups excluding carboxylic acids is 1. The van der Waals surface area contributed by atoms with Gasteiger partial charge in [-0.3, -0.25) is 9.69 Å². The van der Waals surface area contributed by atoms with E-state index in [0.29, 0.717) is 24.3 Å². The lowest BCUT2D eigenvalue weighted by Gasteiger charge is -2.36. The van der Waals surface area contributed by atoms with Crippen LogP contribution in [0.1, 0.15) is 23.7 Å². The largest absolute Gasteiger partial charge is 0.491 e. The maximum atomic E-state index is 11.6. The van der Waals surface area contributed by atoms with Gasteiger partial charge in [0.15, 0.2) is 5.78 Å². The minimum atomic E-state index is -0.537. The van der Waals surface area contributed by atoms with Crippen LogP contribution in [0.15, 0.2) is 54.6 Å². The summed E-state index contributed by atoms with van der Waals surface area (Å²) in [6, 6.07) is 17.6. The number of piperazine rings is 1. The third-order valence-corrected chi connectivity index (χ3v) is 4.90. The molecule has 2 aromatic rings. The van der Waals surface area contributed by atoms with Gasteiger partial charge < -0.3 is 14.7 Å². The summed E-state index contributed by atoms with van der Waals surface area (Å²) in [5.41, 5.74) is 1.95. The first kappa shape index (κ1) is 19.4. The van der Waals surface area contributed by atoms with Crippen LogP contribution in [0.4, 0.5) is 5.69 Å². The number of Topliss-reactive ketones (excluding diaryl/α,β-unsaturated/α-hetero) is 1. The normalized spacial score (nSPS) is 16.1. The van der Waals surface area contributed by atoms with Gasteiger partial charge in [0.1, 0.15) is 18.5 Å². The molecule has 1 N–H and O–H groups in total. The molecule has 0 aromatic heterocycles. The first-order chi connectivity index (χ1) is 13.2. The van der Waals surface area contributed by atoms with E-state index < -0.39 is 6.10 Å². The van der Waals surface area contributed by atoms with Gasteiger partial charge in [-0.15, -0.1) is 0 Å². The predicted octanol–water partition coefficient (Wildman–Crippen LogP) is 2.84. The number of para-hydroxylation sites is 1. The molecule has 5 heteroatoms. The summed E-state index contributed by atoms with van der Waals surface area (Å²) in [5, 5.41) is 10.3. The van der Waals surface area contributed by atoms with Gasteiger partial charge in [-0.05, 0) is 36.4 Å². The summed E-state index contributed by atoms with van der Waals surface area (Å²) in [4.78, 5) is 16.3. The Morgan fingerprint density at radius 2 is 1.70 bits per heavy atom. The van der Waals surface area contributed by atoms with Crippen LogP contribution in [-0.4, -0.2) is 61.2 Å². The average Bonchev–Trinajstić information content (AvgIpc) is 2.73. The zero-order chi connectivity index (χ0) is 19.1. The molecule has 1 atom stereocenters. The highest BCUT2D eigenvalue weighted by atomic mass is 16.5. The Morgan fingerprint density at radius 3 is 2.33 bits per heavy atom. The van der Waals surface area contributed by atoms with E-state index in [4.69, 9.17) is 4.74 Å². The van der Waals surface area contributed by atoms with Gasteiger partial charge in [0.2, 0.25) is 0 Å². The predicted molar refractivity (Wildman–Crippen MR) is 108 cm³/mol. The third-order valence-electron chi connectivity index (χ3n) is 4.90. The summed E-state index contributed by atoms with van der Waals surface area (Å²) >= 11 is 0. The molecule has 5 nitrogen and oxygen atoms in total. The summed E-state index contributed by atoms with van der Waals surface area (Å²) in [6.45, 7) is 6.49. The van der Waals surface area contributed by atoms with E-state index in [2.05, 4.69) is 34.1 Å². The van der Waals surface area contributed by atoms with Crippen molar-refractivity contribution in [2.75, 3.05) is 44.2 Å². The second kappa shape index (κ2) is 9.53.